The number of nitrogens with zero attached hydrogens (tertiary/aromatic N) is 2. The number of hydrogen-bond acceptors (Lipinski definition) is 3. The minimum Gasteiger partial charge on any atom is -0.368 e. The monoisotopic (exact) mass is 270 g/mol. The molecular weight excluding hydrogens is 252 g/mol. The quantitative estimate of drug-likeness (QED) is 0.787. The van der Waals surface area contributed by atoms with E-state index in [1.807, 2.05) is 11.8 Å². The summed E-state index contributed by atoms with van der Waals surface area (Å²) in [5.41, 5.74) is 1.00. The molecule has 1 heterocycles. The SMILES string of the molecule is CC1CN(C(=O)c2cccc(C#N)c2)CC2(CCC2)O1. The van der Waals surface area contributed by atoms with Crippen molar-refractivity contribution in [1.29, 1.82) is 5.26 Å². The number of ether oxygens (including phenoxy) is 1. The molecule has 1 amide bonds. The van der Waals surface area contributed by atoms with Gasteiger partial charge in [0.1, 0.15) is 0 Å². The topological polar surface area (TPSA) is 53.3 Å². The normalized spacial score (nSPS) is 24.0. The molecule has 1 saturated carbocycles. The molecule has 0 N–H and O–H groups in total. The summed E-state index contributed by atoms with van der Waals surface area (Å²) in [4.78, 5) is 14.5. The Kier molecular flexibility index (Phi) is 3.23. The lowest BCUT2D eigenvalue weighted by molar-refractivity contribution is -0.176. The van der Waals surface area contributed by atoms with Crippen molar-refractivity contribution in [3.8, 4) is 6.07 Å². The van der Waals surface area contributed by atoms with Crippen molar-refractivity contribution in [2.75, 3.05) is 13.1 Å². The number of carbonyl (C=O) groups is 1. The van der Waals surface area contributed by atoms with E-state index in [0.29, 0.717) is 24.2 Å². The first kappa shape index (κ1) is 13.1. The van der Waals surface area contributed by atoms with Gasteiger partial charge in [-0.3, -0.25) is 4.79 Å². The summed E-state index contributed by atoms with van der Waals surface area (Å²) in [5.74, 6) is 0.00326. The Labute approximate surface area is 118 Å². The van der Waals surface area contributed by atoms with Gasteiger partial charge in [-0.15, -0.1) is 0 Å². The van der Waals surface area contributed by atoms with Gasteiger partial charge in [0.15, 0.2) is 0 Å². The third-order valence-electron chi connectivity index (χ3n) is 4.20. The maximum absolute atomic E-state index is 12.6. The van der Waals surface area contributed by atoms with Crippen LogP contribution in [0.5, 0.6) is 0 Å². The molecule has 20 heavy (non-hydrogen) atoms. The molecule has 0 aromatic heterocycles. The second-order valence-corrected chi connectivity index (χ2v) is 5.84. The van der Waals surface area contributed by atoms with Crippen molar-refractivity contribution in [3.05, 3.63) is 35.4 Å². The van der Waals surface area contributed by atoms with Crippen LogP contribution in [0.25, 0.3) is 0 Å². The van der Waals surface area contributed by atoms with Crippen LogP contribution in [0.4, 0.5) is 0 Å². The van der Waals surface area contributed by atoms with E-state index in [1.54, 1.807) is 24.3 Å². The van der Waals surface area contributed by atoms with E-state index in [1.165, 1.54) is 6.42 Å². The first-order chi connectivity index (χ1) is 9.62. The van der Waals surface area contributed by atoms with E-state index < -0.39 is 0 Å². The first-order valence-electron chi connectivity index (χ1n) is 7.09. The number of amides is 1. The van der Waals surface area contributed by atoms with E-state index in [4.69, 9.17) is 10.00 Å². The van der Waals surface area contributed by atoms with E-state index in [0.717, 1.165) is 12.8 Å². The molecule has 0 radical (unpaired) electrons. The lowest BCUT2D eigenvalue weighted by Gasteiger charge is -2.50. The molecule has 1 atom stereocenters. The van der Waals surface area contributed by atoms with E-state index in [-0.39, 0.29) is 17.6 Å². The summed E-state index contributed by atoms with van der Waals surface area (Å²) < 4.78 is 6.02. The van der Waals surface area contributed by atoms with Crippen LogP contribution in [0.2, 0.25) is 0 Å². The molecule has 3 rings (SSSR count). The number of carbonyl (C=O) groups excluding carboxylic acids is 1. The Bertz CT molecular complexity index is 572. The standard InChI is InChI=1S/C16H18N2O2/c1-12-10-18(11-16(20-12)6-3-7-16)15(19)14-5-2-4-13(8-14)9-17/h2,4-5,8,12H,3,6-7,10-11H2,1H3. The summed E-state index contributed by atoms with van der Waals surface area (Å²) >= 11 is 0. The highest BCUT2D eigenvalue weighted by molar-refractivity contribution is 5.94. The van der Waals surface area contributed by atoms with Crippen LogP contribution in [-0.4, -0.2) is 35.6 Å². The Balaban J connectivity index is 1.80. The maximum atomic E-state index is 12.6. The van der Waals surface area contributed by atoms with E-state index in [9.17, 15) is 4.79 Å². The highest BCUT2D eigenvalue weighted by Gasteiger charge is 2.45. The fourth-order valence-electron chi connectivity index (χ4n) is 3.13. The van der Waals surface area contributed by atoms with Gasteiger partial charge in [0.25, 0.3) is 5.91 Å². The van der Waals surface area contributed by atoms with Gasteiger partial charge in [-0.1, -0.05) is 6.07 Å². The smallest absolute Gasteiger partial charge is 0.254 e. The van der Waals surface area contributed by atoms with Crippen LogP contribution >= 0.6 is 0 Å². The van der Waals surface area contributed by atoms with Crippen molar-refractivity contribution in [3.63, 3.8) is 0 Å². The molecule has 1 saturated heterocycles. The molecule has 0 bridgehead atoms. The number of hydrogen-bond donors (Lipinski definition) is 0. The molecule has 104 valence electrons. The summed E-state index contributed by atoms with van der Waals surface area (Å²) in [6, 6.07) is 8.99. The Morgan fingerprint density at radius 1 is 1.50 bits per heavy atom. The van der Waals surface area contributed by atoms with E-state index in [2.05, 4.69) is 6.07 Å². The Hall–Kier alpha value is -1.86. The molecule has 2 fully saturated rings. The summed E-state index contributed by atoms with van der Waals surface area (Å²) in [7, 11) is 0. The largest absolute Gasteiger partial charge is 0.368 e. The minimum atomic E-state index is -0.111. The lowest BCUT2D eigenvalue weighted by Crippen LogP contribution is -2.59. The van der Waals surface area contributed by atoms with Crippen LogP contribution in [0, 0.1) is 11.3 Å². The molecule has 1 unspecified atom stereocenters. The van der Waals surface area contributed by atoms with Gasteiger partial charge in [-0.05, 0) is 44.4 Å². The summed E-state index contributed by atoms with van der Waals surface area (Å²) in [5, 5.41) is 8.93. The number of benzene rings is 1. The van der Waals surface area contributed by atoms with Crippen LogP contribution in [0.1, 0.15) is 42.1 Å². The fourth-order valence-corrected chi connectivity index (χ4v) is 3.13. The molecule has 4 heteroatoms. The fraction of sp³-hybridized carbons (Fsp3) is 0.500. The zero-order valence-corrected chi connectivity index (χ0v) is 11.6. The predicted molar refractivity (Wildman–Crippen MR) is 74.2 cm³/mol. The third-order valence-corrected chi connectivity index (χ3v) is 4.20. The van der Waals surface area contributed by atoms with Crippen molar-refractivity contribution in [2.45, 2.75) is 37.9 Å². The van der Waals surface area contributed by atoms with Crippen molar-refractivity contribution in [1.82, 2.24) is 4.90 Å². The number of rotatable bonds is 1. The van der Waals surface area contributed by atoms with Crippen LogP contribution in [0.3, 0.4) is 0 Å². The highest BCUT2D eigenvalue weighted by Crippen LogP contribution is 2.40. The van der Waals surface area contributed by atoms with Crippen LogP contribution in [0.15, 0.2) is 24.3 Å². The van der Waals surface area contributed by atoms with Crippen molar-refractivity contribution >= 4 is 5.91 Å². The lowest BCUT2D eigenvalue weighted by atomic mass is 9.78. The Morgan fingerprint density at radius 2 is 2.30 bits per heavy atom. The second kappa shape index (κ2) is 4.92. The van der Waals surface area contributed by atoms with Gasteiger partial charge >= 0.3 is 0 Å². The number of nitriles is 1. The van der Waals surface area contributed by atoms with Gasteiger partial charge in [-0.2, -0.15) is 5.26 Å². The first-order valence-corrected chi connectivity index (χ1v) is 7.09. The zero-order chi connectivity index (χ0) is 14.2. The average Bonchev–Trinajstić information content (AvgIpc) is 2.44. The molecule has 2 aliphatic rings. The predicted octanol–water partition coefficient (Wildman–Crippen LogP) is 2.34. The highest BCUT2D eigenvalue weighted by atomic mass is 16.5. The zero-order valence-electron chi connectivity index (χ0n) is 11.6. The molecule has 1 aliphatic carbocycles. The molecule has 1 spiro atoms. The van der Waals surface area contributed by atoms with E-state index >= 15 is 0 Å². The third kappa shape index (κ3) is 2.30. The molecule has 4 nitrogen and oxygen atoms in total. The Morgan fingerprint density at radius 3 is 2.95 bits per heavy atom. The minimum absolute atomic E-state index is 0.00326. The van der Waals surface area contributed by atoms with Gasteiger partial charge in [-0.25, -0.2) is 0 Å². The molecular formula is C16H18N2O2. The van der Waals surface area contributed by atoms with Crippen molar-refractivity contribution in [2.24, 2.45) is 0 Å². The molecule has 1 aromatic rings. The van der Waals surface area contributed by atoms with Gasteiger partial charge in [0, 0.05) is 12.1 Å². The van der Waals surface area contributed by atoms with Gasteiger partial charge in [0.05, 0.1) is 29.9 Å². The second-order valence-electron chi connectivity index (χ2n) is 5.84. The summed E-state index contributed by atoms with van der Waals surface area (Å²) in [6.45, 7) is 3.32. The van der Waals surface area contributed by atoms with Crippen LogP contribution < -0.4 is 0 Å². The average molecular weight is 270 g/mol. The molecule has 1 aliphatic heterocycles. The van der Waals surface area contributed by atoms with Gasteiger partial charge in [0.2, 0.25) is 0 Å². The van der Waals surface area contributed by atoms with Gasteiger partial charge < -0.3 is 9.64 Å². The van der Waals surface area contributed by atoms with Crippen molar-refractivity contribution < 1.29 is 9.53 Å². The summed E-state index contributed by atoms with van der Waals surface area (Å²) in [6.07, 6.45) is 3.34. The van der Waals surface area contributed by atoms with Crippen LogP contribution in [-0.2, 0) is 4.74 Å². The maximum Gasteiger partial charge on any atom is 0.254 e. The number of morpholine rings is 1. The molecule has 1 aromatic carbocycles.